The fraction of sp³-hybridized carbons (Fsp3) is 0.0556. The van der Waals surface area contributed by atoms with Crippen LogP contribution in [0, 0.1) is 0 Å². The van der Waals surface area contributed by atoms with E-state index in [0.717, 1.165) is 22.3 Å². The van der Waals surface area contributed by atoms with Crippen LogP contribution in [0.5, 0.6) is 0 Å². The third-order valence-electron chi connectivity index (χ3n) is 4.08. The topological polar surface area (TPSA) is 74.3 Å². The second kappa shape index (κ2) is 5.48. The van der Waals surface area contributed by atoms with E-state index >= 15 is 0 Å². The van der Waals surface area contributed by atoms with Crippen molar-refractivity contribution >= 4 is 22.2 Å². The number of pyridine rings is 1. The highest BCUT2D eigenvalue weighted by Crippen LogP contribution is 2.16. The van der Waals surface area contributed by atoms with Gasteiger partial charge in [0.25, 0.3) is 0 Å². The highest BCUT2D eigenvalue weighted by Gasteiger charge is 2.10. The number of hydrogen-bond donors (Lipinski definition) is 0. The highest BCUT2D eigenvalue weighted by molar-refractivity contribution is 5.79. The highest BCUT2D eigenvalue weighted by atomic mass is 15.5. The molecule has 0 aliphatic carbocycles. The fourth-order valence-electron chi connectivity index (χ4n) is 2.86. The van der Waals surface area contributed by atoms with Crippen LogP contribution in [-0.2, 0) is 6.54 Å². The second-order valence-electron chi connectivity index (χ2n) is 5.74. The Morgan fingerprint density at radius 2 is 1.88 bits per heavy atom. The van der Waals surface area contributed by atoms with Gasteiger partial charge in [-0.2, -0.15) is 0 Å². The lowest BCUT2D eigenvalue weighted by Gasteiger charge is -2.05. The molecular weight excluding hydrogens is 314 g/mol. The molecule has 0 fully saturated rings. The number of benzene rings is 1. The van der Waals surface area contributed by atoms with Crippen LogP contribution in [0.4, 0.5) is 0 Å². The molecule has 0 atom stereocenters. The predicted molar refractivity (Wildman–Crippen MR) is 93.3 cm³/mol. The largest absolute Gasteiger partial charge is 0.307 e. The summed E-state index contributed by atoms with van der Waals surface area (Å²) < 4.78 is 3.68. The van der Waals surface area contributed by atoms with Crippen molar-refractivity contribution in [2.45, 2.75) is 6.54 Å². The fourth-order valence-corrected chi connectivity index (χ4v) is 2.86. The molecule has 0 spiro atoms. The molecule has 0 saturated carbocycles. The Kier molecular flexibility index (Phi) is 3.03. The molecule has 25 heavy (non-hydrogen) atoms. The minimum absolute atomic E-state index is 0.540. The lowest BCUT2D eigenvalue weighted by Crippen LogP contribution is -2.04. The van der Waals surface area contributed by atoms with Gasteiger partial charge in [-0.25, -0.2) is 14.6 Å². The van der Waals surface area contributed by atoms with Gasteiger partial charge in [0.1, 0.15) is 0 Å². The molecular formula is C18H13N7. The van der Waals surface area contributed by atoms with Crippen LogP contribution >= 0.6 is 0 Å². The van der Waals surface area contributed by atoms with Gasteiger partial charge in [-0.15, -0.1) is 5.10 Å². The summed E-state index contributed by atoms with van der Waals surface area (Å²) in [5.41, 5.74) is 3.29. The van der Waals surface area contributed by atoms with E-state index in [1.807, 2.05) is 47.3 Å². The summed E-state index contributed by atoms with van der Waals surface area (Å²) in [6, 6.07) is 14.1. The lowest BCUT2D eigenvalue weighted by molar-refractivity contribution is 0.664. The third-order valence-corrected chi connectivity index (χ3v) is 4.08. The summed E-state index contributed by atoms with van der Waals surface area (Å²) in [4.78, 5) is 13.4. The lowest BCUT2D eigenvalue weighted by atomic mass is 10.1. The molecule has 1 aromatic carbocycles. The Morgan fingerprint density at radius 3 is 2.80 bits per heavy atom. The van der Waals surface area contributed by atoms with Crippen molar-refractivity contribution in [2.24, 2.45) is 0 Å². The molecule has 0 aliphatic heterocycles. The molecule has 5 rings (SSSR count). The first kappa shape index (κ1) is 13.8. The molecule has 4 heterocycles. The second-order valence-corrected chi connectivity index (χ2v) is 5.74. The van der Waals surface area contributed by atoms with E-state index in [9.17, 15) is 0 Å². The van der Waals surface area contributed by atoms with E-state index in [1.54, 1.807) is 17.1 Å². The maximum Gasteiger partial charge on any atom is 0.221 e. The summed E-state index contributed by atoms with van der Waals surface area (Å²) in [7, 11) is 0. The van der Waals surface area contributed by atoms with Crippen LogP contribution in [0.2, 0.25) is 0 Å². The molecule has 5 aromatic rings. The zero-order chi connectivity index (χ0) is 16.6. The molecule has 7 heteroatoms. The summed E-state index contributed by atoms with van der Waals surface area (Å²) in [6.45, 7) is 0.575. The van der Waals surface area contributed by atoms with Gasteiger partial charge in [0.2, 0.25) is 5.65 Å². The summed E-state index contributed by atoms with van der Waals surface area (Å²) >= 11 is 0. The number of aromatic nitrogens is 7. The van der Waals surface area contributed by atoms with Crippen molar-refractivity contribution in [3.63, 3.8) is 0 Å². The van der Waals surface area contributed by atoms with Crippen LogP contribution in [0.25, 0.3) is 28.0 Å². The number of nitrogens with zero attached hydrogens (tertiary/aromatic N) is 7. The molecule has 0 unspecified atom stereocenters. The van der Waals surface area contributed by atoms with Gasteiger partial charge in [0, 0.05) is 24.0 Å². The van der Waals surface area contributed by atoms with Gasteiger partial charge in [-0.3, -0.25) is 4.98 Å². The van der Waals surface area contributed by atoms with Gasteiger partial charge < -0.3 is 4.57 Å². The van der Waals surface area contributed by atoms with Crippen LogP contribution in [0.15, 0.2) is 67.3 Å². The van der Waals surface area contributed by atoms with Gasteiger partial charge >= 0.3 is 0 Å². The van der Waals surface area contributed by atoms with Gasteiger partial charge in [0.15, 0.2) is 11.5 Å². The molecule has 120 valence electrons. The van der Waals surface area contributed by atoms with Crippen LogP contribution in [0.3, 0.4) is 0 Å². The summed E-state index contributed by atoms with van der Waals surface area (Å²) in [5, 5.41) is 9.43. The third kappa shape index (κ3) is 2.42. The van der Waals surface area contributed by atoms with Crippen molar-refractivity contribution in [1.82, 2.24) is 34.5 Å². The molecule has 0 amide bonds. The average molecular weight is 327 g/mol. The first-order valence-corrected chi connectivity index (χ1v) is 7.90. The predicted octanol–water partition coefficient (Wildman–Crippen LogP) is 2.61. The number of fused-ring (bicyclic) bond motifs is 2. The number of rotatable bonds is 3. The van der Waals surface area contributed by atoms with Crippen LogP contribution < -0.4 is 0 Å². The Labute approximate surface area is 142 Å². The van der Waals surface area contributed by atoms with E-state index in [1.165, 1.54) is 0 Å². The molecule has 0 bridgehead atoms. The smallest absolute Gasteiger partial charge is 0.221 e. The minimum atomic E-state index is 0.540. The summed E-state index contributed by atoms with van der Waals surface area (Å²) in [5.74, 6) is 0.740. The van der Waals surface area contributed by atoms with Gasteiger partial charge in [0.05, 0.1) is 18.3 Å². The van der Waals surface area contributed by atoms with E-state index in [2.05, 4.69) is 37.4 Å². The Morgan fingerprint density at radius 1 is 0.960 bits per heavy atom. The van der Waals surface area contributed by atoms with Crippen LogP contribution in [-0.4, -0.2) is 34.5 Å². The van der Waals surface area contributed by atoms with E-state index in [4.69, 9.17) is 0 Å². The molecule has 0 radical (unpaired) electrons. The quantitative estimate of drug-likeness (QED) is 0.509. The minimum Gasteiger partial charge on any atom is -0.307 e. The molecule has 0 N–H and O–H groups in total. The first-order valence-electron chi connectivity index (χ1n) is 7.90. The standard InChI is InChI=1S/C18H13N7/c1-2-9-24(8-1)16-11-20-17-18(21-16)25(23-22-17)12-13-5-6-15-14(10-13)4-3-7-19-15/h1-11H,12H2. The molecule has 7 nitrogen and oxygen atoms in total. The van der Waals surface area contributed by atoms with E-state index in [0.29, 0.717) is 17.8 Å². The van der Waals surface area contributed by atoms with E-state index in [-0.39, 0.29) is 0 Å². The molecule has 0 saturated heterocycles. The van der Waals surface area contributed by atoms with Crippen molar-refractivity contribution in [1.29, 1.82) is 0 Å². The Balaban J connectivity index is 1.56. The van der Waals surface area contributed by atoms with Crippen molar-refractivity contribution in [3.8, 4) is 5.82 Å². The van der Waals surface area contributed by atoms with Crippen molar-refractivity contribution < 1.29 is 0 Å². The van der Waals surface area contributed by atoms with E-state index < -0.39 is 0 Å². The monoisotopic (exact) mass is 327 g/mol. The SMILES string of the molecule is c1cnc2ccc(Cn3nnc4ncc(-n5cccc5)nc43)cc2c1. The maximum atomic E-state index is 4.66. The van der Waals surface area contributed by atoms with Crippen molar-refractivity contribution in [3.05, 3.63) is 72.8 Å². The molecule has 0 aliphatic rings. The zero-order valence-electron chi connectivity index (χ0n) is 13.2. The number of hydrogen-bond acceptors (Lipinski definition) is 5. The Hall–Kier alpha value is -3.61. The Bertz CT molecular complexity index is 1170. The van der Waals surface area contributed by atoms with Crippen LogP contribution in [0.1, 0.15) is 5.56 Å². The molecule has 4 aromatic heterocycles. The summed E-state index contributed by atoms with van der Waals surface area (Å²) in [6.07, 6.45) is 7.36. The maximum absolute atomic E-state index is 4.66. The van der Waals surface area contributed by atoms with Gasteiger partial charge in [-0.1, -0.05) is 17.3 Å². The van der Waals surface area contributed by atoms with Crippen molar-refractivity contribution in [2.75, 3.05) is 0 Å². The first-order chi connectivity index (χ1) is 12.4. The average Bonchev–Trinajstić information content (AvgIpc) is 3.32. The zero-order valence-corrected chi connectivity index (χ0v) is 13.2. The van der Waals surface area contributed by atoms with Gasteiger partial charge in [-0.05, 0) is 35.9 Å². The normalized spacial score (nSPS) is 11.4.